The molecule has 0 unspecified atom stereocenters. The summed E-state index contributed by atoms with van der Waals surface area (Å²) in [7, 11) is 1.55. The first-order valence-electron chi connectivity index (χ1n) is 4.78. The SMILES string of the molecule is CN(Cc1ccc(F)cc1F)C(=O)CCCl. The van der Waals surface area contributed by atoms with Crippen LogP contribution in [0.25, 0.3) is 0 Å². The standard InChI is InChI=1S/C11H12ClF2NO/c1-15(11(16)4-5-12)7-8-2-3-9(13)6-10(8)14/h2-3,6H,4-5,7H2,1H3. The summed E-state index contributed by atoms with van der Waals surface area (Å²) in [5.41, 5.74) is 0.284. The van der Waals surface area contributed by atoms with Crippen LogP contribution in [0.3, 0.4) is 0 Å². The molecular formula is C11H12ClF2NO. The number of carbonyl (C=O) groups is 1. The van der Waals surface area contributed by atoms with Gasteiger partial charge in [-0.25, -0.2) is 8.78 Å². The van der Waals surface area contributed by atoms with E-state index in [1.54, 1.807) is 7.05 Å². The Hall–Kier alpha value is -1.16. The number of benzene rings is 1. The largest absolute Gasteiger partial charge is 0.341 e. The molecule has 16 heavy (non-hydrogen) atoms. The topological polar surface area (TPSA) is 20.3 Å². The lowest BCUT2D eigenvalue weighted by Crippen LogP contribution is -2.26. The molecule has 1 rings (SSSR count). The first-order valence-corrected chi connectivity index (χ1v) is 5.32. The highest BCUT2D eigenvalue weighted by Gasteiger charge is 2.11. The molecule has 0 N–H and O–H groups in total. The molecule has 0 aliphatic rings. The minimum atomic E-state index is -0.648. The van der Waals surface area contributed by atoms with E-state index in [9.17, 15) is 13.6 Å². The molecule has 0 fully saturated rings. The molecule has 5 heteroatoms. The van der Waals surface area contributed by atoms with E-state index in [0.29, 0.717) is 0 Å². The van der Waals surface area contributed by atoms with Crippen molar-refractivity contribution >= 4 is 17.5 Å². The Morgan fingerprint density at radius 3 is 2.69 bits per heavy atom. The third kappa shape index (κ3) is 3.45. The van der Waals surface area contributed by atoms with E-state index < -0.39 is 11.6 Å². The Morgan fingerprint density at radius 2 is 2.12 bits per heavy atom. The fraction of sp³-hybridized carbons (Fsp3) is 0.364. The van der Waals surface area contributed by atoms with Gasteiger partial charge in [-0.05, 0) is 6.07 Å². The third-order valence-corrected chi connectivity index (χ3v) is 2.35. The fourth-order valence-corrected chi connectivity index (χ4v) is 1.43. The minimum Gasteiger partial charge on any atom is -0.341 e. The zero-order valence-corrected chi connectivity index (χ0v) is 9.60. The van der Waals surface area contributed by atoms with Crippen molar-refractivity contribution in [2.45, 2.75) is 13.0 Å². The second-order valence-corrected chi connectivity index (χ2v) is 3.80. The monoisotopic (exact) mass is 247 g/mol. The average Bonchev–Trinajstić information content (AvgIpc) is 2.22. The van der Waals surface area contributed by atoms with Crippen LogP contribution in [-0.2, 0) is 11.3 Å². The van der Waals surface area contributed by atoms with Crippen molar-refractivity contribution < 1.29 is 13.6 Å². The summed E-state index contributed by atoms with van der Waals surface area (Å²) in [5.74, 6) is -1.21. The number of hydrogen-bond acceptors (Lipinski definition) is 1. The summed E-state index contributed by atoms with van der Waals surface area (Å²) in [4.78, 5) is 12.7. The molecule has 0 heterocycles. The molecule has 1 aromatic rings. The Morgan fingerprint density at radius 1 is 1.44 bits per heavy atom. The van der Waals surface area contributed by atoms with E-state index in [1.807, 2.05) is 0 Å². The quantitative estimate of drug-likeness (QED) is 0.749. The van der Waals surface area contributed by atoms with Crippen LogP contribution in [-0.4, -0.2) is 23.7 Å². The third-order valence-electron chi connectivity index (χ3n) is 2.16. The fourth-order valence-electron chi connectivity index (χ4n) is 1.27. The van der Waals surface area contributed by atoms with E-state index in [1.165, 1.54) is 11.0 Å². The predicted octanol–water partition coefficient (Wildman–Crippen LogP) is 2.55. The molecule has 0 saturated carbocycles. The van der Waals surface area contributed by atoms with Crippen LogP contribution in [0.15, 0.2) is 18.2 Å². The number of alkyl halides is 1. The Kier molecular flexibility index (Phi) is 4.68. The van der Waals surface area contributed by atoms with Gasteiger partial charge in [0.25, 0.3) is 0 Å². The molecule has 0 atom stereocenters. The van der Waals surface area contributed by atoms with Crippen molar-refractivity contribution in [3.8, 4) is 0 Å². The van der Waals surface area contributed by atoms with Gasteiger partial charge >= 0.3 is 0 Å². The highest BCUT2D eigenvalue weighted by Crippen LogP contribution is 2.12. The van der Waals surface area contributed by atoms with Gasteiger partial charge in [0.1, 0.15) is 11.6 Å². The summed E-state index contributed by atoms with van der Waals surface area (Å²) < 4.78 is 25.9. The number of amides is 1. The van der Waals surface area contributed by atoms with Crippen molar-refractivity contribution in [1.82, 2.24) is 4.90 Å². The molecule has 0 bridgehead atoms. The first-order chi connectivity index (χ1) is 7.54. The van der Waals surface area contributed by atoms with Gasteiger partial charge in [0, 0.05) is 37.5 Å². The van der Waals surface area contributed by atoms with E-state index in [0.717, 1.165) is 12.1 Å². The van der Waals surface area contributed by atoms with Crippen LogP contribution < -0.4 is 0 Å². The minimum absolute atomic E-state index is 0.113. The average molecular weight is 248 g/mol. The number of carbonyl (C=O) groups excluding carboxylic acids is 1. The smallest absolute Gasteiger partial charge is 0.223 e. The molecule has 0 radical (unpaired) electrons. The van der Waals surface area contributed by atoms with Crippen LogP contribution in [0.2, 0.25) is 0 Å². The maximum Gasteiger partial charge on any atom is 0.223 e. The lowest BCUT2D eigenvalue weighted by molar-refractivity contribution is -0.130. The molecule has 0 aliphatic heterocycles. The molecule has 88 valence electrons. The van der Waals surface area contributed by atoms with E-state index in [-0.39, 0.29) is 30.3 Å². The van der Waals surface area contributed by atoms with Crippen LogP contribution >= 0.6 is 11.6 Å². The molecule has 1 aromatic carbocycles. The van der Waals surface area contributed by atoms with Crippen molar-refractivity contribution in [1.29, 1.82) is 0 Å². The zero-order valence-electron chi connectivity index (χ0n) is 8.84. The highest BCUT2D eigenvalue weighted by atomic mass is 35.5. The maximum atomic E-state index is 13.3. The van der Waals surface area contributed by atoms with E-state index in [4.69, 9.17) is 11.6 Å². The van der Waals surface area contributed by atoms with E-state index in [2.05, 4.69) is 0 Å². The normalized spacial score (nSPS) is 10.2. The van der Waals surface area contributed by atoms with E-state index >= 15 is 0 Å². The summed E-state index contributed by atoms with van der Waals surface area (Å²) in [6.07, 6.45) is 0.209. The highest BCUT2D eigenvalue weighted by molar-refractivity contribution is 6.18. The molecule has 0 aliphatic carbocycles. The number of rotatable bonds is 4. The van der Waals surface area contributed by atoms with Crippen LogP contribution in [0.5, 0.6) is 0 Å². The van der Waals surface area contributed by atoms with Crippen LogP contribution in [0.1, 0.15) is 12.0 Å². The van der Waals surface area contributed by atoms with Crippen molar-refractivity contribution in [2.75, 3.05) is 12.9 Å². The molecule has 1 amide bonds. The first kappa shape index (κ1) is 12.9. The van der Waals surface area contributed by atoms with Gasteiger partial charge in [0.05, 0.1) is 0 Å². The Balaban J connectivity index is 2.69. The second-order valence-electron chi connectivity index (χ2n) is 3.42. The van der Waals surface area contributed by atoms with Crippen molar-refractivity contribution in [3.05, 3.63) is 35.4 Å². The van der Waals surface area contributed by atoms with Gasteiger partial charge in [-0.2, -0.15) is 0 Å². The zero-order chi connectivity index (χ0) is 12.1. The molecule has 0 saturated heterocycles. The lowest BCUT2D eigenvalue weighted by Gasteiger charge is -2.17. The van der Waals surface area contributed by atoms with Crippen molar-refractivity contribution in [2.24, 2.45) is 0 Å². The number of nitrogens with zero attached hydrogens (tertiary/aromatic N) is 1. The lowest BCUT2D eigenvalue weighted by atomic mass is 10.2. The summed E-state index contributed by atoms with van der Waals surface area (Å²) in [6.45, 7) is 0.113. The Bertz CT molecular complexity index is 384. The Labute approximate surface area is 97.8 Å². The summed E-state index contributed by atoms with van der Waals surface area (Å²) in [6, 6.07) is 3.29. The van der Waals surface area contributed by atoms with Gasteiger partial charge < -0.3 is 4.90 Å². The summed E-state index contributed by atoms with van der Waals surface area (Å²) >= 11 is 5.42. The molecule has 0 spiro atoms. The predicted molar refractivity (Wildman–Crippen MR) is 58.2 cm³/mol. The number of hydrogen-bond donors (Lipinski definition) is 0. The van der Waals surface area contributed by atoms with Crippen LogP contribution in [0, 0.1) is 11.6 Å². The molecular weight excluding hydrogens is 236 g/mol. The maximum absolute atomic E-state index is 13.3. The number of halogens is 3. The molecule has 2 nitrogen and oxygen atoms in total. The van der Waals surface area contributed by atoms with Gasteiger partial charge in [-0.1, -0.05) is 6.07 Å². The van der Waals surface area contributed by atoms with Gasteiger partial charge in [0.15, 0.2) is 0 Å². The summed E-state index contributed by atoms with van der Waals surface area (Å²) in [5, 5.41) is 0. The van der Waals surface area contributed by atoms with Crippen molar-refractivity contribution in [3.63, 3.8) is 0 Å². The molecule has 0 aromatic heterocycles. The van der Waals surface area contributed by atoms with Crippen LogP contribution in [0.4, 0.5) is 8.78 Å². The van der Waals surface area contributed by atoms with Gasteiger partial charge in [-0.15, -0.1) is 11.6 Å². The van der Waals surface area contributed by atoms with Gasteiger partial charge in [-0.3, -0.25) is 4.79 Å². The van der Waals surface area contributed by atoms with Gasteiger partial charge in [0.2, 0.25) is 5.91 Å². The second kappa shape index (κ2) is 5.80.